The van der Waals surface area contributed by atoms with Crippen LogP contribution in [-0.4, -0.2) is 147 Å². The zero-order chi connectivity index (χ0) is 17.4. The minimum absolute atomic E-state index is 0. The van der Waals surface area contributed by atoms with Crippen molar-refractivity contribution in [1.29, 1.82) is 0 Å². The molecule has 0 fully saturated rings. The molecule has 0 aliphatic rings. The van der Waals surface area contributed by atoms with Gasteiger partial charge in [-0.05, 0) is 27.7 Å². The molecule has 14 heteroatoms. The van der Waals surface area contributed by atoms with Crippen LogP contribution in [0.3, 0.4) is 0 Å². The number of rotatable bonds is 12. The minimum atomic E-state index is 0. The van der Waals surface area contributed by atoms with E-state index in [4.69, 9.17) is 28.4 Å². The molecule has 0 aliphatic carbocycles. The van der Waals surface area contributed by atoms with Gasteiger partial charge in [0, 0.05) is 45.8 Å². The molecule has 37 heavy (non-hydrogen) atoms. The average Bonchev–Trinajstić information content (AvgIpc) is 2.51. The van der Waals surface area contributed by atoms with Crippen molar-refractivity contribution >= 4 is 34.7 Å². The molecule has 0 saturated carbocycles. The Hall–Kier alpha value is 0.585. The van der Waals surface area contributed by atoms with Crippen LogP contribution in [0.15, 0.2) is 0 Å². The Morgan fingerprint density at radius 3 is 0.730 bits per heavy atom. The Morgan fingerprint density at radius 2 is 0.595 bits per heavy atom. The van der Waals surface area contributed by atoms with E-state index in [-0.39, 0.29) is 144 Å². The van der Waals surface area contributed by atoms with Gasteiger partial charge in [0.1, 0.15) is 17.4 Å². The van der Waals surface area contributed by atoms with E-state index < -0.39 is 0 Å². The molecule has 0 amide bonds. The van der Waals surface area contributed by atoms with Gasteiger partial charge in [0.25, 0.3) is 0 Å². The highest BCUT2D eigenvalue weighted by molar-refractivity contribution is 5.76. The summed E-state index contributed by atoms with van der Waals surface area (Å²) in [6.07, 6.45) is 0.624. The van der Waals surface area contributed by atoms with Crippen molar-refractivity contribution in [2.75, 3.05) is 54.9 Å². The van der Waals surface area contributed by atoms with Crippen molar-refractivity contribution in [3.05, 3.63) is 0 Å². The van der Waals surface area contributed by atoms with E-state index in [1.54, 1.807) is 28.4 Å². The molecule has 0 aromatic heterocycles. The molecule has 12 nitrogen and oxygen atoms in total. The summed E-state index contributed by atoms with van der Waals surface area (Å²) in [6.45, 7) is 10.4. The molecule has 0 rings (SSSR count). The second-order valence-electron chi connectivity index (χ2n) is 5.29. The molecule has 4 radical (unpaired) electrons. The summed E-state index contributed by atoms with van der Waals surface area (Å²) in [7, 11) is 6.68. The van der Waals surface area contributed by atoms with Crippen molar-refractivity contribution in [2.45, 2.75) is 104 Å². The van der Waals surface area contributed by atoms with E-state index in [2.05, 4.69) is 0 Å². The first-order valence-electron chi connectivity index (χ1n) is 7.67. The average molecular weight is 601 g/mol. The normalized spacial score (nSPS) is 9.73. The summed E-state index contributed by atoms with van der Waals surface area (Å²) >= 11 is 0. The Labute approximate surface area is 254 Å². The van der Waals surface area contributed by atoms with Crippen molar-refractivity contribution in [3.8, 4) is 0 Å². The van der Waals surface area contributed by atoms with Gasteiger partial charge in [0.15, 0.2) is 0 Å². The first-order valence-corrected chi connectivity index (χ1v) is 7.67. The predicted molar refractivity (Wildman–Crippen MR) is 171 cm³/mol. The van der Waals surface area contributed by atoms with Crippen LogP contribution in [-0.2, 0) is 28.4 Å². The van der Waals surface area contributed by atoms with Crippen LogP contribution in [0.1, 0.15) is 79.7 Å². The zero-order valence-corrected chi connectivity index (χ0v) is 23.3. The van der Waals surface area contributed by atoms with Gasteiger partial charge < -0.3 is 61.3 Å². The van der Waals surface area contributed by atoms with Crippen LogP contribution in [0.5, 0.6) is 0 Å². The number of ether oxygens (including phenoxy) is 6. The summed E-state index contributed by atoms with van der Waals surface area (Å²) in [5.74, 6) is 0. The maximum atomic E-state index is 5.39. The Bertz CT molecular complexity index is 218. The quantitative estimate of drug-likeness (QED) is 0.286. The first kappa shape index (κ1) is 119. The number of hydrogen-bond acceptors (Lipinski definition) is 6. The van der Waals surface area contributed by atoms with Crippen LogP contribution in [0, 0.1) is 0 Å². The lowest BCUT2D eigenvalue weighted by Gasteiger charge is -2.14. The smallest absolute Gasteiger partial charge is 0.146 e. The third-order valence-electron chi connectivity index (χ3n) is 2.84. The van der Waals surface area contributed by atoms with Gasteiger partial charge in [-0.1, -0.05) is 52.0 Å². The minimum Gasteiger partial charge on any atom is -0.412 e. The van der Waals surface area contributed by atoms with Gasteiger partial charge in [-0.25, -0.2) is 0 Å². The van der Waals surface area contributed by atoms with Gasteiger partial charge >= 0.3 is 0 Å². The second kappa shape index (κ2) is 90.8. The van der Waals surface area contributed by atoms with E-state index >= 15 is 0 Å². The van der Waals surface area contributed by atoms with Gasteiger partial charge in [0.2, 0.25) is 0 Å². The largest absolute Gasteiger partial charge is 0.412 e. The number of hydrogen-bond donors (Lipinski definition) is 0. The molecular weight excluding hydrogens is 522 g/mol. The van der Waals surface area contributed by atoms with Crippen LogP contribution in [0.2, 0.25) is 0 Å². The Kier molecular flexibility index (Phi) is 291. The highest BCUT2D eigenvalue weighted by Gasteiger charge is 2.05. The van der Waals surface area contributed by atoms with Gasteiger partial charge in [-0.3, -0.25) is 0 Å². The van der Waals surface area contributed by atoms with E-state index in [1.807, 2.05) is 27.7 Å². The molecule has 0 aromatic rings. The summed E-state index contributed by atoms with van der Waals surface area (Å²) < 4.78 is 30.6. The summed E-state index contributed by atoms with van der Waals surface area (Å²) in [5, 5.41) is 0. The monoisotopic (exact) mass is 601 g/mol. The van der Waals surface area contributed by atoms with Gasteiger partial charge in [-0.15, -0.1) is 0 Å². The van der Waals surface area contributed by atoms with E-state index in [0.29, 0.717) is 26.4 Å². The third kappa shape index (κ3) is 103. The summed E-state index contributed by atoms with van der Waals surface area (Å²) in [6, 6.07) is 0. The third-order valence-corrected chi connectivity index (χ3v) is 2.84. The second-order valence-corrected chi connectivity index (χ2v) is 5.29. The number of methoxy groups -OCH3 is 4. The molecule has 4 atom stereocenters. The first-order chi connectivity index (χ1) is 10.4. The van der Waals surface area contributed by atoms with Crippen LogP contribution in [0.4, 0.5) is 0 Å². The van der Waals surface area contributed by atoms with Crippen molar-refractivity contribution < 1.29 is 61.3 Å². The molecule has 0 heterocycles. The molecule has 0 saturated heterocycles. The fourth-order valence-electron chi connectivity index (χ4n) is 1.30. The van der Waals surface area contributed by atoms with Crippen LogP contribution in [0.25, 0.3) is 0 Å². The highest BCUT2D eigenvalue weighted by atomic mass is 27.0. The van der Waals surface area contributed by atoms with E-state index in [1.165, 1.54) is 0 Å². The van der Waals surface area contributed by atoms with Crippen molar-refractivity contribution in [1.82, 2.24) is 0 Å². The molecule has 0 bridgehead atoms. The Morgan fingerprint density at radius 1 is 0.405 bits per heavy atom. The molecule has 0 spiro atoms. The predicted octanol–water partition coefficient (Wildman–Crippen LogP) is 0.353. The molecule has 248 valence electrons. The van der Waals surface area contributed by atoms with Crippen molar-refractivity contribution in [3.63, 3.8) is 0 Å². The standard InChI is InChI=1S/2C8H18O3.7CH4.2Al.6H2O.2H/c2*1-7(10-4)6-11-8(2)5-9-3;;;;;;;;;;;;;;;;;/h2*7-8H,5-6H2,1-4H3;7*1H4;;;6*1H2;;. The molecule has 0 aromatic carbocycles. The summed E-state index contributed by atoms with van der Waals surface area (Å²) in [4.78, 5) is 0. The van der Waals surface area contributed by atoms with Crippen molar-refractivity contribution in [2.24, 2.45) is 0 Å². The Balaban J connectivity index is -0.0000000103. The van der Waals surface area contributed by atoms with Crippen LogP contribution < -0.4 is 0 Å². The lowest BCUT2D eigenvalue weighted by Crippen LogP contribution is -2.21. The van der Waals surface area contributed by atoms with Gasteiger partial charge in [-0.2, -0.15) is 0 Å². The molecule has 0 aliphatic heterocycles. The lowest BCUT2D eigenvalue weighted by molar-refractivity contribution is -0.0386. The fraction of sp³-hybridized carbons (Fsp3) is 1.00. The lowest BCUT2D eigenvalue weighted by atomic mass is 10.4. The molecule has 4 unspecified atom stereocenters. The topological polar surface area (TPSA) is 244 Å². The maximum Gasteiger partial charge on any atom is 0.146 e. The SMILES string of the molecule is C.C.C.C.C.C.C.COCC(C)OCC(C)OC.COCC(C)OCC(C)OC.O.O.O.O.O.O.[AlH2].[Al]. The maximum absolute atomic E-state index is 5.39. The highest BCUT2D eigenvalue weighted by Crippen LogP contribution is 1.96. The van der Waals surface area contributed by atoms with Crippen LogP contribution >= 0.6 is 0 Å². The zero-order valence-electron chi connectivity index (χ0n) is 20.2. The molecule has 12 N–H and O–H groups in total. The van der Waals surface area contributed by atoms with E-state index in [9.17, 15) is 0 Å². The van der Waals surface area contributed by atoms with E-state index in [0.717, 1.165) is 0 Å². The molecular formula is C23H78Al2O12. The summed E-state index contributed by atoms with van der Waals surface area (Å²) in [5.41, 5.74) is 0. The fourth-order valence-corrected chi connectivity index (χ4v) is 1.30. The van der Waals surface area contributed by atoms with Gasteiger partial charge in [0.05, 0.1) is 50.8 Å².